The van der Waals surface area contributed by atoms with E-state index in [1.165, 1.54) is 56.6 Å². The first-order chi connectivity index (χ1) is 30.6. The summed E-state index contributed by atoms with van der Waals surface area (Å²) in [5.74, 6) is -0.828. The molecule has 0 bridgehead atoms. The van der Waals surface area contributed by atoms with Gasteiger partial charge >= 0.3 is 6.29 Å². The predicted molar refractivity (Wildman–Crippen MR) is 237 cm³/mol. The molecule has 1 aliphatic heterocycles. The average Bonchev–Trinajstić information content (AvgIpc) is 4.06. The smallest absolute Gasteiger partial charge is 0.395 e. The van der Waals surface area contributed by atoms with Crippen LogP contribution >= 0.6 is 46.4 Å². The standard InChI is InChI=1S/C16H16Cl3F2N3O2.C16H22ClN3O.C12H6F2N2O2/c1-8(4-10-12(18)5-9(17)6-13(10)19)24(26-3)16(25)11-7-23(2)22-14(11)15(20)21;1-15(2,3)16(21,10-20-12-18-11-19-20)9-8-13-4-6-14(17)7-5-13;13-12(14)17-10-3-1-2-8(11(10)18-12)9-6-16-5-7(9)4-15/h5-8,15H,4H2,1-3H3;4-7,11-12,21H,8-10H2,1-3H3;1-3,5-6,16H. The lowest BCUT2D eigenvalue weighted by Crippen LogP contribution is -2.47. The first-order valence-corrected chi connectivity index (χ1v) is 21.2. The van der Waals surface area contributed by atoms with Crippen molar-refractivity contribution in [3.05, 3.63) is 134 Å². The van der Waals surface area contributed by atoms with Crippen LogP contribution in [0.1, 0.15) is 73.3 Å². The Balaban J connectivity index is 0.000000186. The molecule has 0 aliphatic carbocycles. The zero-order valence-corrected chi connectivity index (χ0v) is 38.8. The van der Waals surface area contributed by atoms with Crippen LogP contribution < -0.4 is 9.47 Å². The third-order valence-electron chi connectivity index (χ3n) is 10.3. The molecule has 1 amide bonds. The van der Waals surface area contributed by atoms with Crippen molar-refractivity contribution in [3.8, 4) is 28.7 Å². The lowest BCUT2D eigenvalue weighted by atomic mass is 9.73. The van der Waals surface area contributed by atoms with E-state index in [4.69, 9.17) is 56.5 Å². The predicted octanol–water partition coefficient (Wildman–Crippen LogP) is 11.2. The molecule has 0 saturated carbocycles. The molecule has 7 rings (SSSR count). The van der Waals surface area contributed by atoms with Gasteiger partial charge in [-0.25, -0.2) is 18.8 Å². The average molecular weight is 983 g/mol. The van der Waals surface area contributed by atoms with Gasteiger partial charge in [0.05, 0.1) is 36.4 Å². The van der Waals surface area contributed by atoms with E-state index in [-0.39, 0.29) is 28.9 Å². The second kappa shape index (κ2) is 21.3. The Morgan fingerprint density at radius 3 is 2.29 bits per heavy atom. The molecule has 4 heterocycles. The molecule has 2 N–H and O–H groups in total. The van der Waals surface area contributed by atoms with E-state index in [0.29, 0.717) is 50.3 Å². The molecule has 3 aromatic carbocycles. The first kappa shape index (κ1) is 50.6. The molecule has 65 heavy (non-hydrogen) atoms. The van der Waals surface area contributed by atoms with Gasteiger partial charge in [0.15, 0.2) is 11.5 Å². The number of aromatic nitrogens is 6. The maximum absolute atomic E-state index is 13.1. The number of amides is 1. The van der Waals surface area contributed by atoms with Crippen molar-refractivity contribution in [2.75, 3.05) is 7.11 Å². The monoisotopic (exact) mass is 980 g/mol. The summed E-state index contributed by atoms with van der Waals surface area (Å²) in [7, 11) is 2.73. The Labute approximate surface area is 392 Å². The highest BCUT2D eigenvalue weighted by molar-refractivity contribution is 6.39. The number of benzene rings is 3. The van der Waals surface area contributed by atoms with Crippen LogP contribution in [0.25, 0.3) is 11.1 Å². The summed E-state index contributed by atoms with van der Waals surface area (Å²) in [5.41, 5.74) is 1.02. The first-order valence-electron chi connectivity index (χ1n) is 19.6. The maximum atomic E-state index is 13.1. The molecule has 0 radical (unpaired) electrons. The fourth-order valence-corrected chi connectivity index (χ4v) is 7.79. The van der Waals surface area contributed by atoms with Crippen LogP contribution in [-0.4, -0.2) is 70.7 Å². The highest BCUT2D eigenvalue weighted by Crippen LogP contribution is 2.47. The number of nitrogens with zero attached hydrogens (tertiary/aromatic N) is 7. The van der Waals surface area contributed by atoms with E-state index < -0.39 is 36.0 Å². The number of H-pyrrole nitrogens is 1. The fourth-order valence-electron chi connectivity index (χ4n) is 6.69. The number of para-hydroxylation sites is 1. The number of nitrogens with one attached hydrogen (secondary N) is 1. The summed E-state index contributed by atoms with van der Waals surface area (Å²) in [6.45, 7) is 8.26. The SMILES string of the molecule is CC(C)(C)C(O)(CCc1ccc(Cl)cc1)Cn1cncn1.CON(C(=O)c1cn(C)nc1C(F)F)C(C)Cc1c(Cl)cc(Cl)cc1Cl.N#Cc1c[nH]cc1-c1cccc2c1OC(F)(F)O2. The van der Waals surface area contributed by atoms with Gasteiger partial charge in [0.25, 0.3) is 12.3 Å². The minimum atomic E-state index is -3.67. The van der Waals surface area contributed by atoms with Crippen LogP contribution in [0.2, 0.25) is 20.1 Å². The molecule has 3 aromatic heterocycles. The molecule has 0 saturated heterocycles. The summed E-state index contributed by atoms with van der Waals surface area (Å²) in [6.07, 6.45) is 2.52. The lowest BCUT2D eigenvalue weighted by Gasteiger charge is -2.40. The number of alkyl halides is 4. The minimum Gasteiger partial charge on any atom is -0.395 e. The number of aryl methyl sites for hydroxylation is 2. The van der Waals surface area contributed by atoms with Crippen molar-refractivity contribution in [1.82, 2.24) is 34.6 Å². The Bertz CT molecular complexity index is 2580. The number of ether oxygens (including phenoxy) is 2. The summed E-state index contributed by atoms with van der Waals surface area (Å²) in [5, 5.41) is 30.6. The molecule has 1 aliphatic rings. The molecule has 2 atom stereocenters. The fraction of sp³-hybridized carbons (Fsp3) is 0.341. The molecule has 21 heteroatoms. The summed E-state index contributed by atoms with van der Waals surface area (Å²) in [4.78, 5) is 24.5. The number of nitriles is 1. The molecular formula is C44H44Cl4F4N8O5. The van der Waals surface area contributed by atoms with Crippen molar-refractivity contribution < 1.29 is 41.8 Å². The number of hydrogen-bond acceptors (Lipinski definition) is 9. The summed E-state index contributed by atoms with van der Waals surface area (Å²) in [6, 6.07) is 16.8. The van der Waals surface area contributed by atoms with Gasteiger partial charge in [-0.05, 0) is 73.1 Å². The normalized spacial score (nSPS) is 14.1. The molecular weight excluding hydrogens is 938 g/mol. The van der Waals surface area contributed by atoms with Crippen LogP contribution in [0.3, 0.4) is 0 Å². The third-order valence-corrected chi connectivity index (χ3v) is 11.5. The van der Waals surface area contributed by atoms with Crippen LogP contribution in [0.5, 0.6) is 11.5 Å². The number of halogens is 8. The van der Waals surface area contributed by atoms with Gasteiger partial charge in [0.1, 0.15) is 24.4 Å². The Morgan fingerprint density at radius 1 is 1.03 bits per heavy atom. The molecule has 0 spiro atoms. The molecule has 6 aromatic rings. The van der Waals surface area contributed by atoms with Gasteiger partial charge in [0, 0.05) is 56.9 Å². The highest BCUT2D eigenvalue weighted by atomic mass is 35.5. The largest absolute Gasteiger partial charge is 0.586 e. The third kappa shape index (κ3) is 12.7. The number of carbonyl (C=O) groups excluding carboxylic acids is 1. The van der Waals surface area contributed by atoms with Crippen molar-refractivity contribution in [2.45, 2.75) is 77.9 Å². The molecule has 13 nitrogen and oxygen atoms in total. The number of hydroxylamine groups is 2. The number of fused-ring (bicyclic) bond motifs is 1. The van der Waals surface area contributed by atoms with E-state index in [0.717, 1.165) is 21.2 Å². The van der Waals surface area contributed by atoms with E-state index in [1.807, 2.05) is 51.1 Å². The van der Waals surface area contributed by atoms with Crippen molar-refractivity contribution in [1.29, 1.82) is 5.26 Å². The zero-order chi connectivity index (χ0) is 47.9. The van der Waals surface area contributed by atoms with E-state index in [2.05, 4.69) is 29.6 Å². The van der Waals surface area contributed by atoms with Crippen LogP contribution in [0.4, 0.5) is 17.6 Å². The lowest BCUT2D eigenvalue weighted by molar-refractivity contribution is -0.286. The van der Waals surface area contributed by atoms with Crippen molar-refractivity contribution >= 4 is 52.3 Å². The van der Waals surface area contributed by atoms with Crippen LogP contribution in [0.15, 0.2) is 85.8 Å². The van der Waals surface area contributed by atoms with E-state index in [9.17, 15) is 27.5 Å². The second-order valence-electron chi connectivity index (χ2n) is 15.8. The van der Waals surface area contributed by atoms with Crippen molar-refractivity contribution in [3.63, 3.8) is 0 Å². The Morgan fingerprint density at radius 2 is 1.71 bits per heavy atom. The quantitative estimate of drug-likeness (QED) is 0.0900. The number of carbonyl (C=O) groups is 1. The van der Waals surface area contributed by atoms with Gasteiger partial charge in [0.2, 0.25) is 0 Å². The molecule has 2 unspecified atom stereocenters. The van der Waals surface area contributed by atoms with Gasteiger partial charge in [-0.2, -0.15) is 15.5 Å². The number of rotatable bonds is 12. The van der Waals surface area contributed by atoms with Gasteiger partial charge < -0.3 is 19.6 Å². The number of aliphatic hydroxyl groups is 1. The van der Waals surface area contributed by atoms with E-state index >= 15 is 0 Å². The van der Waals surface area contributed by atoms with Gasteiger partial charge in [-0.3, -0.25) is 19.0 Å². The minimum absolute atomic E-state index is 0.0393. The summed E-state index contributed by atoms with van der Waals surface area (Å²) < 4.78 is 64.0. The number of aromatic amines is 1. The van der Waals surface area contributed by atoms with Crippen LogP contribution in [-0.2, 0) is 31.3 Å². The van der Waals surface area contributed by atoms with Gasteiger partial charge in [-0.15, -0.1) is 8.78 Å². The molecule has 0 fully saturated rings. The van der Waals surface area contributed by atoms with Crippen molar-refractivity contribution in [2.24, 2.45) is 12.5 Å². The molecule has 346 valence electrons. The van der Waals surface area contributed by atoms with Crippen LogP contribution in [0, 0.1) is 16.7 Å². The van der Waals surface area contributed by atoms with E-state index in [1.54, 1.807) is 36.3 Å². The highest BCUT2D eigenvalue weighted by Gasteiger charge is 2.45. The number of hydrogen-bond donors (Lipinski definition) is 2. The summed E-state index contributed by atoms with van der Waals surface area (Å²) >= 11 is 24.1. The Hall–Kier alpha value is -5.35. The van der Waals surface area contributed by atoms with Gasteiger partial charge in [-0.1, -0.05) is 91.4 Å². The topological polar surface area (TPSA) is 156 Å². The second-order valence-corrected chi connectivity index (χ2v) is 17.5. The zero-order valence-electron chi connectivity index (χ0n) is 35.8. The Kier molecular flexibility index (Phi) is 16.6. The maximum Gasteiger partial charge on any atom is 0.586 e.